The number of hydrogen-bond donors (Lipinski definition) is 1. The normalized spacial score (nSPS) is 33.7. The third-order valence-corrected chi connectivity index (χ3v) is 2.47. The molecule has 2 N–H and O–H groups in total. The fourth-order valence-electron chi connectivity index (χ4n) is 1.57. The second-order valence-corrected chi connectivity index (χ2v) is 3.23. The molecular weight excluding hydrogens is 110 g/mol. The highest BCUT2D eigenvalue weighted by atomic mass is 14.7. The average molecular weight is 123 g/mol. The van der Waals surface area contributed by atoms with E-state index in [0.717, 1.165) is 0 Å². The van der Waals surface area contributed by atoms with Gasteiger partial charge >= 0.3 is 0 Å². The van der Waals surface area contributed by atoms with Crippen molar-refractivity contribution in [2.75, 3.05) is 0 Å². The summed E-state index contributed by atoms with van der Waals surface area (Å²) in [5.41, 5.74) is 9.07. The van der Waals surface area contributed by atoms with E-state index >= 15 is 0 Å². The Labute approximate surface area is 55.9 Å². The molecule has 2 aliphatic rings. The van der Waals surface area contributed by atoms with Crippen LogP contribution in [0, 0.1) is 0 Å². The molecule has 0 atom stereocenters. The van der Waals surface area contributed by atoms with Gasteiger partial charge in [-0.25, -0.2) is 0 Å². The summed E-state index contributed by atoms with van der Waals surface area (Å²) in [4.78, 5) is 0. The summed E-state index contributed by atoms with van der Waals surface area (Å²) in [7, 11) is 0. The van der Waals surface area contributed by atoms with Gasteiger partial charge in [-0.15, -0.1) is 0 Å². The Morgan fingerprint density at radius 2 is 1.78 bits per heavy atom. The maximum Gasteiger partial charge on any atom is 0.0114 e. The summed E-state index contributed by atoms with van der Waals surface area (Å²) in [6.07, 6.45) is 6.59. The molecule has 50 valence electrons. The van der Waals surface area contributed by atoms with E-state index in [1.165, 1.54) is 32.1 Å². The fraction of sp³-hybridized carbons (Fsp3) is 0.750. The van der Waals surface area contributed by atoms with Crippen LogP contribution in [0.15, 0.2) is 11.1 Å². The van der Waals surface area contributed by atoms with Crippen molar-refractivity contribution in [2.45, 2.75) is 38.1 Å². The predicted molar refractivity (Wildman–Crippen MR) is 38.1 cm³/mol. The highest BCUT2D eigenvalue weighted by Crippen LogP contribution is 2.37. The molecule has 0 bridgehead atoms. The molecule has 0 saturated heterocycles. The third-order valence-electron chi connectivity index (χ3n) is 2.47. The lowest BCUT2D eigenvalue weighted by Crippen LogP contribution is -2.31. The fourth-order valence-corrected chi connectivity index (χ4v) is 1.57. The van der Waals surface area contributed by atoms with Gasteiger partial charge in [-0.3, -0.25) is 0 Å². The topological polar surface area (TPSA) is 26.0 Å². The van der Waals surface area contributed by atoms with Gasteiger partial charge in [0.1, 0.15) is 0 Å². The van der Waals surface area contributed by atoms with Gasteiger partial charge in [0.2, 0.25) is 0 Å². The number of nitrogens with two attached hydrogens (primary N) is 1. The molecule has 0 aromatic carbocycles. The first-order valence-corrected chi connectivity index (χ1v) is 3.81. The van der Waals surface area contributed by atoms with Crippen LogP contribution in [-0.4, -0.2) is 6.04 Å². The summed E-state index contributed by atoms with van der Waals surface area (Å²) >= 11 is 0. The van der Waals surface area contributed by atoms with E-state index in [4.69, 9.17) is 5.73 Å². The molecule has 2 aliphatic carbocycles. The Hall–Kier alpha value is -0.300. The maximum atomic E-state index is 5.65. The second-order valence-electron chi connectivity index (χ2n) is 3.23. The van der Waals surface area contributed by atoms with Crippen LogP contribution in [0.1, 0.15) is 32.1 Å². The van der Waals surface area contributed by atoms with Crippen molar-refractivity contribution in [3.8, 4) is 0 Å². The lowest BCUT2D eigenvalue weighted by atomic mass is 9.77. The first-order valence-electron chi connectivity index (χ1n) is 3.81. The molecule has 0 spiro atoms. The molecule has 1 nitrogen and oxygen atoms in total. The zero-order chi connectivity index (χ0) is 6.27. The van der Waals surface area contributed by atoms with Crippen LogP contribution >= 0.6 is 0 Å². The molecule has 0 aliphatic heterocycles. The summed E-state index contributed by atoms with van der Waals surface area (Å²) in [6, 6.07) is 0.507. The van der Waals surface area contributed by atoms with Crippen molar-refractivity contribution in [3.05, 3.63) is 11.1 Å². The summed E-state index contributed by atoms with van der Waals surface area (Å²) < 4.78 is 0. The lowest BCUT2D eigenvalue weighted by Gasteiger charge is -2.32. The average Bonchev–Trinajstić information content (AvgIpc) is 1.57. The third kappa shape index (κ3) is 0.799. The van der Waals surface area contributed by atoms with Crippen LogP contribution in [-0.2, 0) is 0 Å². The molecule has 2 rings (SSSR count). The smallest absolute Gasteiger partial charge is 0.0114 e. The maximum absolute atomic E-state index is 5.65. The number of rotatable bonds is 0. The summed E-state index contributed by atoms with van der Waals surface area (Å²) in [5, 5.41) is 0. The van der Waals surface area contributed by atoms with Crippen molar-refractivity contribution in [1.29, 1.82) is 0 Å². The van der Waals surface area contributed by atoms with Gasteiger partial charge in [-0.2, -0.15) is 0 Å². The van der Waals surface area contributed by atoms with E-state index in [9.17, 15) is 0 Å². The molecule has 2 fully saturated rings. The molecule has 0 heterocycles. The van der Waals surface area contributed by atoms with E-state index in [-0.39, 0.29) is 0 Å². The zero-order valence-corrected chi connectivity index (χ0v) is 5.69. The van der Waals surface area contributed by atoms with Gasteiger partial charge in [0.25, 0.3) is 0 Å². The van der Waals surface area contributed by atoms with Crippen molar-refractivity contribution in [1.82, 2.24) is 0 Å². The number of allylic oxidation sites excluding steroid dienone is 1. The van der Waals surface area contributed by atoms with Gasteiger partial charge < -0.3 is 5.73 Å². The minimum Gasteiger partial charge on any atom is -0.327 e. The van der Waals surface area contributed by atoms with Crippen molar-refractivity contribution >= 4 is 0 Å². The van der Waals surface area contributed by atoms with Crippen molar-refractivity contribution < 1.29 is 0 Å². The molecule has 0 aromatic heterocycles. The first kappa shape index (κ1) is 5.48. The van der Waals surface area contributed by atoms with Crippen molar-refractivity contribution in [2.24, 2.45) is 5.73 Å². The molecule has 0 unspecified atom stereocenters. The van der Waals surface area contributed by atoms with Gasteiger partial charge in [0, 0.05) is 6.04 Å². The Morgan fingerprint density at radius 3 is 2.11 bits per heavy atom. The quantitative estimate of drug-likeness (QED) is 0.486. The van der Waals surface area contributed by atoms with Crippen LogP contribution in [0.5, 0.6) is 0 Å². The van der Waals surface area contributed by atoms with Gasteiger partial charge in [0.05, 0.1) is 0 Å². The van der Waals surface area contributed by atoms with E-state index < -0.39 is 0 Å². The Kier molecular flexibility index (Phi) is 1.12. The largest absolute Gasteiger partial charge is 0.327 e. The first-order chi connectivity index (χ1) is 4.36. The molecule has 1 heteroatoms. The highest BCUT2D eigenvalue weighted by Gasteiger charge is 2.24. The Balaban J connectivity index is 1.99. The van der Waals surface area contributed by atoms with Crippen LogP contribution in [0.3, 0.4) is 0 Å². The molecule has 0 aromatic rings. The second kappa shape index (κ2) is 1.84. The molecule has 0 radical (unpaired) electrons. The molecule has 9 heavy (non-hydrogen) atoms. The Bertz CT molecular complexity index is 144. The SMILES string of the molecule is NC1CC(=C2CCC2)C1. The zero-order valence-electron chi connectivity index (χ0n) is 5.69. The van der Waals surface area contributed by atoms with Gasteiger partial charge in [-0.05, 0) is 32.1 Å². The van der Waals surface area contributed by atoms with Crippen LogP contribution in [0.2, 0.25) is 0 Å². The van der Waals surface area contributed by atoms with Crippen LogP contribution in [0.25, 0.3) is 0 Å². The van der Waals surface area contributed by atoms with Gasteiger partial charge in [-0.1, -0.05) is 11.1 Å². The standard InChI is InChI=1S/C8H13N/c9-8-4-7(5-8)6-2-1-3-6/h8H,1-5,9H2. The van der Waals surface area contributed by atoms with Crippen LogP contribution in [0.4, 0.5) is 0 Å². The van der Waals surface area contributed by atoms with E-state index in [2.05, 4.69) is 0 Å². The summed E-state index contributed by atoms with van der Waals surface area (Å²) in [5.74, 6) is 0. The minimum absolute atomic E-state index is 0.507. The molecular formula is C8H13N. The summed E-state index contributed by atoms with van der Waals surface area (Å²) in [6.45, 7) is 0. The lowest BCUT2D eigenvalue weighted by molar-refractivity contribution is 0.504. The van der Waals surface area contributed by atoms with Gasteiger partial charge in [0.15, 0.2) is 0 Å². The van der Waals surface area contributed by atoms with Crippen molar-refractivity contribution in [3.63, 3.8) is 0 Å². The van der Waals surface area contributed by atoms with Crippen LogP contribution < -0.4 is 5.73 Å². The van der Waals surface area contributed by atoms with E-state index in [1.54, 1.807) is 11.1 Å². The monoisotopic (exact) mass is 123 g/mol. The van der Waals surface area contributed by atoms with E-state index in [0.29, 0.717) is 6.04 Å². The Morgan fingerprint density at radius 1 is 1.11 bits per heavy atom. The van der Waals surface area contributed by atoms with E-state index in [1.807, 2.05) is 0 Å². The number of hydrogen-bond acceptors (Lipinski definition) is 1. The predicted octanol–water partition coefficient (Wildman–Crippen LogP) is 1.59. The molecule has 2 saturated carbocycles. The highest BCUT2D eigenvalue weighted by molar-refractivity contribution is 5.26. The minimum atomic E-state index is 0.507. The molecule has 0 amide bonds.